The number of benzene rings is 1. The first-order chi connectivity index (χ1) is 8.16. The lowest BCUT2D eigenvalue weighted by molar-refractivity contribution is 0.473. The molecule has 1 fully saturated rings. The molecule has 2 heteroatoms. The van der Waals surface area contributed by atoms with Crippen molar-refractivity contribution in [3.8, 4) is 5.75 Å². The van der Waals surface area contributed by atoms with Gasteiger partial charge in [0, 0.05) is 6.20 Å². The van der Waals surface area contributed by atoms with Crippen molar-refractivity contribution in [2.75, 3.05) is 5.32 Å². The van der Waals surface area contributed by atoms with Crippen LogP contribution < -0.4 is 5.32 Å². The minimum absolute atomic E-state index is 0.364. The quantitative estimate of drug-likeness (QED) is 0.745. The van der Waals surface area contributed by atoms with Crippen LogP contribution in [0.2, 0.25) is 0 Å². The lowest BCUT2D eigenvalue weighted by atomic mass is 9.96. The Labute approximate surface area is 103 Å². The fraction of sp³-hybridized carbons (Fsp3) is 0.467. The molecule has 0 saturated heterocycles. The van der Waals surface area contributed by atoms with Crippen molar-refractivity contribution >= 4 is 5.69 Å². The van der Waals surface area contributed by atoms with Gasteiger partial charge < -0.3 is 10.4 Å². The molecule has 17 heavy (non-hydrogen) atoms. The van der Waals surface area contributed by atoms with Crippen LogP contribution in [0.25, 0.3) is 0 Å². The second-order valence-corrected chi connectivity index (χ2v) is 4.99. The van der Waals surface area contributed by atoms with E-state index in [4.69, 9.17) is 0 Å². The lowest BCUT2D eigenvalue weighted by Crippen LogP contribution is -1.98. The van der Waals surface area contributed by atoms with Crippen LogP contribution >= 0.6 is 0 Å². The minimum Gasteiger partial charge on any atom is -0.505 e. The van der Waals surface area contributed by atoms with Crippen molar-refractivity contribution in [1.82, 2.24) is 0 Å². The summed E-state index contributed by atoms with van der Waals surface area (Å²) < 4.78 is 0. The highest BCUT2D eigenvalue weighted by molar-refractivity contribution is 5.62. The van der Waals surface area contributed by atoms with E-state index >= 15 is 0 Å². The smallest absolute Gasteiger partial charge is 0.141 e. The van der Waals surface area contributed by atoms with Gasteiger partial charge in [0.1, 0.15) is 5.75 Å². The molecule has 1 aromatic carbocycles. The lowest BCUT2D eigenvalue weighted by Gasteiger charge is -2.15. The number of hydrogen-bond acceptors (Lipinski definition) is 2. The molecule has 0 aliphatic heterocycles. The Morgan fingerprint density at radius 3 is 2.53 bits per heavy atom. The van der Waals surface area contributed by atoms with Gasteiger partial charge in [0.15, 0.2) is 0 Å². The molecule has 92 valence electrons. The molecule has 0 unspecified atom stereocenters. The zero-order valence-electron chi connectivity index (χ0n) is 10.7. The van der Waals surface area contributed by atoms with E-state index in [1.54, 1.807) is 0 Å². The van der Waals surface area contributed by atoms with Crippen molar-refractivity contribution in [3.05, 3.63) is 35.0 Å². The van der Waals surface area contributed by atoms with E-state index in [1.165, 1.54) is 43.2 Å². The summed E-state index contributed by atoms with van der Waals surface area (Å²) in [5.41, 5.74) is 4.38. The van der Waals surface area contributed by atoms with E-state index < -0.39 is 0 Å². The number of phenolic OH excluding ortho intramolecular Hbond substituents is 1. The summed E-state index contributed by atoms with van der Waals surface area (Å²) >= 11 is 0. The molecular weight excluding hydrogens is 210 g/mol. The molecule has 0 heterocycles. The highest BCUT2D eigenvalue weighted by atomic mass is 16.3. The molecule has 1 aliphatic rings. The number of nitrogens with one attached hydrogen (secondary N) is 1. The number of allylic oxidation sites excluding steroid dienone is 1. The number of hydrogen-bond donors (Lipinski definition) is 2. The topological polar surface area (TPSA) is 32.3 Å². The maximum Gasteiger partial charge on any atom is 0.141 e. The summed E-state index contributed by atoms with van der Waals surface area (Å²) in [4.78, 5) is 0. The molecule has 1 aromatic rings. The summed E-state index contributed by atoms with van der Waals surface area (Å²) in [6.07, 6.45) is 8.41. The van der Waals surface area contributed by atoms with Gasteiger partial charge in [-0.25, -0.2) is 0 Å². The first kappa shape index (κ1) is 12.0. The monoisotopic (exact) mass is 231 g/mol. The van der Waals surface area contributed by atoms with E-state index in [0.717, 1.165) is 11.3 Å². The van der Waals surface area contributed by atoms with Crippen molar-refractivity contribution in [2.24, 2.45) is 0 Å². The normalized spacial score (nSPS) is 15.8. The third-order valence-corrected chi connectivity index (χ3v) is 3.37. The maximum absolute atomic E-state index is 9.96. The van der Waals surface area contributed by atoms with Gasteiger partial charge in [-0.3, -0.25) is 0 Å². The summed E-state index contributed by atoms with van der Waals surface area (Å²) in [6.45, 7) is 3.98. The molecule has 0 spiro atoms. The molecule has 2 rings (SSSR count). The summed E-state index contributed by atoms with van der Waals surface area (Å²) in [5, 5.41) is 13.2. The highest BCUT2D eigenvalue weighted by Crippen LogP contribution is 2.29. The van der Waals surface area contributed by atoms with Crippen molar-refractivity contribution in [3.63, 3.8) is 0 Å². The molecule has 0 bridgehead atoms. The number of phenols is 1. The standard InChI is InChI=1S/C15H21NO/c1-11-8-12(2)15(17)14(9-11)16-10-13-6-4-3-5-7-13/h8-10,16-17H,3-7H2,1-2H3. The van der Waals surface area contributed by atoms with Crippen LogP contribution in [0.3, 0.4) is 0 Å². The van der Waals surface area contributed by atoms with Gasteiger partial charge in [-0.15, -0.1) is 0 Å². The van der Waals surface area contributed by atoms with E-state index in [-0.39, 0.29) is 0 Å². The fourth-order valence-corrected chi connectivity index (χ4v) is 2.40. The van der Waals surface area contributed by atoms with Crippen LogP contribution in [0.1, 0.15) is 43.2 Å². The molecular formula is C15H21NO. The van der Waals surface area contributed by atoms with Crippen LogP contribution in [0.4, 0.5) is 5.69 Å². The second kappa shape index (κ2) is 5.26. The van der Waals surface area contributed by atoms with Crippen molar-refractivity contribution in [2.45, 2.75) is 46.0 Å². The van der Waals surface area contributed by atoms with E-state index in [1.807, 2.05) is 26.0 Å². The zero-order chi connectivity index (χ0) is 12.3. The van der Waals surface area contributed by atoms with Gasteiger partial charge in [-0.1, -0.05) is 18.1 Å². The fourth-order valence-electron chi connectivity index (χ4n) is 2.40. The highest BCUT2D eigenvalue weighted by Gasteiger charge is 2.07. The Bertz CT molecular complexity index is 427. The Kier molecular flexibility index (Phi) is 3.72. The Morgan fingerprint density at radius 2 is 1.82 bits per heavy atom. The van der Waals surface area contributed by atoms with Gasteiger partial charge in [-0.2, -0.15) is 0 Å². The Balaban J connectivity index is 2.13. The summed E-state index contributed by atoms with van der Waals surface area (Å²) in [7, 11) is 0. The maximum atomic E-state index is 9.96. The van der Waals surface area contributed by atoms with Crippen LogP contribution in [0.5, 0.6) is 5.75 Å². The molecule has 0 aromatic heterocycles. The van der Waals surface area contributed by atoms with Gasteiger partial charge in [0.25, 0.3) is 0 Å². The van der Waals surface area contributed by atoms with Crippen LogP contribution in [-0.4, -0.2) is 5.11 Å². The Morgan fingerprint density at radius 1 is 1.12 bits per heavy atom. The summed E-state index contributed by atoms with van der Waals surface area (Å²) in [5.74, 6) is 0.364. The van der Waals surface area contributed by atoms with Crippen LogP contribution in [0, 0.1) is 13.8 Å². The average Bonchev–Trinajstić information content (AvgIpc) is 2.33. The van der Waals surface area contributed by atoms with Crippen molar-refractivity contribution in [1.29, 1.82) is 0 Å². The summed E-state index contributed by atoms with van der Waals surface area (Å²) in [6, 6.07) is 3.98. The average molecular weight is 231 g/mol. The van der Waals surface area contributed by atoms with E-state index in [9.17, 15) is 5.11 Å². The number of rotatable bonds is 2. The van der Waals surface area contributed by atoms with Gasteiger partial charge >= 0.3 is 0 Å². The largest absolute Gasteiger partial charge is 0.505 e. The molecule has 0 amide bonds. The van der Waals surface area contributed by atoms with E-state index in [0.29, 0.717) is 5.75 Å². The molecule has 1 saturated carbocycles. The van der Waals surface area contributed by atoms with Gasteiger partial charge in [0.05, 0.1) is 5.69 Å². The third-order valence-electron chi connectivity index (χ3n) is 3.37. The SMILES string of the molecule is Cc1cc(C)c(O)c(NC=C2CCCCC2)c1. The van der Waals surface area contributed by atoms with Crippen LogP contribution in [0.15, 0.2) is 23.9 Å². The first-order valence-corrected chi connectivity index (χ1v) is 6.41. The second-order valence-electron chi connectivity index (χ2n) is 4.99. The molecule has 1 aliphatic carbocycles. The van der Waals surface area contributed by atoms with Crippen LogP contribution in [-0.2, 0) is 0 Å². The van der Waals surface area contributed by atoms with Gasteiger partial charge in [-0.05, 0) is 56.7 Å². The molecule has 2 N–H and O–H groups in total. The van der Waals surface area contributed by atoms with Gasteiger partial charge in [0.2, 0.25) is 0 Å². The predicted octanol–water partition coefficient (Wildman–Crippen LogP) is 4.27. The number of aryl methyl sites for hydroxylation is 2. The predicted molar refractivity (Wildman–Crippen MR) is 72.4 cm³/mol. The molecule has 2 nitrogen and oxygen atoms in total. The zero-order valence-corrected chi connectivity index (χ0v) is 10.7. The first-order valence-electron chi connectivity index (χ1n) is 6.41. The third kappa shape index (κ3) is 3.02. The Hall–Kier alpha value is -1.44. The molecule has 0 radical (unpaired) electrons. The number of anilines is 1. The minimum atomic E-state index is 0.364. The van der Waals surface area contributed by atoms with E-state index in [2.05, 4.69) is 11.5 Å². The number of aromatic hydroxyl groups is 1. The molecule has 0 atom stereocenters. The van der Waals surface area contributed by atoms with Crippen molar-refractivity contribution < 1.29 is 5.11 Å².